The van der Waals surface area contributed by atoms with Crippen LogP contribution >= 0.6 is 11.8 Å². The first-order chi connectivity index (χ1) is 12.4. The molecule has 1 saturated heterocycles. The molecular formula is C16H17FN4O3S2. The van der Waals surface area contributed by atoms with E-state index in [9.17, 15) is 17.6 Å². The van der Waals surface area contributed by atoms with Crippen LogP contribution in [0.5, 0.6) is 0 Å². The lowest BCUT2D eigenvalue weighted by molar-refractivity contribution is -0.119. The molecule has 1 aliphatic rings. The Balaban J connectivity index is 1.47. The molecule has 2 aromatic rings. The van der Waals surface area contributed by atoms with Gasteiger partial charge in [0.05, 0.1) is 17.3 Å². The highest BCUT2D eigenvalue weighted by Gasteiger charge is 2.28. The summed E-state index contributed by atoms with van der Waals surface area (Å²) in [4.78, 5) is 16.1. The second kappa shape index (κ2) is 8.00. The molecule has 10 heteroatoms. The summed E-state index contributed by atoms with van der Waals surface area (Å²) in [5.74, 6) is 0.201. The molecule has 2 N–H and O–H groups in total. The zero-order chi connectivity index (χ0) is 18.6. The SMILES string of the molecule is O=C(CSc1n[nH]c(/C=C/c2ccc(F)cc2)n1)NC1CCS(=O)(=O)C1. The van der Waals surface area contributed by atoms with E-state index in [1.54, 1.807) is 24.3 Å². The molecule has 0 bridgehead atoms. The van der Waals surface area contributed by atoms with E-state index < -0.39 is 9.84 Å². The summed E-state index contributed by atoms with van der Waals surface area (Å²) in [6.07, 6.45) is 3.92. The number of carbonyl (C=O) groups is 1. The standard InChI is InChI=1S/C16H17FN4O3S2/c17-12-4-1-11(2-5-12)3-6-14-19-16(21-20-14)25-9-15(22)18-13-7-8-26(23,24)10-13/h1-6,13H,7-10H2,(H,18,22)(H,19,20,21)/b6-3+. The van der Waals surface area contributed by atoms with Crippen LogP contribution in [0.2, 0.25) is 0 Å². The lowest BCUT2D eigenvalue weighted by Crippen LogP contribution is -2.36. The highest BCUT2D eigenvalue weighted by atomic mass is 32.2. The smallest absolute Gasteiger partial charge is 0.230 e. The minimum Gasteiger partial charge on any atom is -0.352 e. The molecule has 0 saturated carbocycles. The Morgan fingerprint density at radius 2 is 2.12 bits per heavy atom. The summed E-state index contributed by atoms with van der Waals surface area (Å²) in [6, 6.07) is 5.72. The number of thioether (sulfide) groups is 1. The van der Waals surface area contributed by atoms with Gasteiger partial charge in [0.2, 0.25) is 11.1 Å². The first kappa shape index (κ1) is 18.6. The first-order valence-electron chi connectivity index (χ1n) is 7.88. The van der Waals surface area contributed by atoms with E-state index in [4.69, 9.17) is 0 Å². The molecule has 1 amide bonds. The third-order valence-corrected chi connectivity index (χ3v) is 6.33. The number of nitrogens with one attached hydrogen (secondary N) is 2. The minimum absolute atomic E-state index is 0.00237. The predicted molar refractivity (Wildman–Crippen MR) is 97.6 cm³/mol. The van der Waals surface area contributed by atoms with Gasteiger partial charge in [-0.2, -0.15) is 0 Å². The molecule has 7 nitrogen and oxygen atoms in total. The summed E-state index contributed by atoms with van der Waals surface area (Å²) in [5.41, 5.74) is 0.822. The predicted octanol–water partition coefficient (Wildman–Crippen LogP) is 1.51. The van der Waals surface area contributed by atoms with Gasteiger partial charge in [0.1, 0.15) is 11.6 Å². The number of H-pyrrole nitrogens is 1. The number of benzene rings is 1. The molecule has 1 aromatic heterocycles. The van der Waals surface area contributed by atoms with Crippen molar-refractivity contribution in [2.75, 3.05) is 17.3 Å². The van der Waals surface area contributed by atoms with Crippen LogP contribution in [-0.2, 0) is 14.6 Å². The van der Waals surface area contributed by atoms with E-state index in [-0.39, 0.29) is 35.0 Å². The van der Waals surface area contributed by atoms with Gasteiger partial charge in [-0.1, -0.05) is 30.0 Å². The van der Waals surface area contributed by atoms with Gasteiger partial charge in [-0.3, -0.25) is 9.89 Å². The van der Waals surface area contributed by atoms with Crippen molar-refractivity contribution >= 4 is 39.7 Å². The lowest BCUT2D eigenvalue weighted by atomic mass is 10.2. The van der Waals surface area contributed by atoms with E-state index in [1.807, 2.05) is 0 Å². The number of halogens is 1. The van der Waals surface area contributed by atoms with Gasteiger partial charge in [-0.15, -0.1) is 5.10 Å². The van der Waals surface area contributed by atoms with E-state index in [0.717, 1.165) is 17.3 Å². The Hall–Kier alpha value is -2.20. The Morgan fingerprint density at radius 3 is 2.81 bits per heavy atom. The molecule has 26 heavy (non-hydrogen) atoms. The van der Waals surface area contributed by atoms with Crippen molar-refractivity contribution in [3.8, 4) is 0 Å². The Labute approximate surface area is 154 Å². The number of hydrogen-bond acceptors (Lipinski definition) is 6. The van der Waals surface area contributed by atoms with Gasteiger partial charge in [0, 0.05) is 6.04 Å². The van der Waals surface area contributed by atoms with Gasteiger partial charge < -0.3 is 5.32 Å². The molecule has 2 heterocycles. The number of rotatable bonds is 6. The van der Waals surface area contributed by atoms with Crippen molar-refractivity contribution in [3.63, 3.8) is 0 Å². The summed E-state index contributed by atoms with van der Waals surface area (Å²) in [7, 11) is -3.02. The molecule has 0 radical (unpaired) electrons. The van der Waals surface area contributed by atoms with Gasteiger partial charge >= 0.3 is 0 Å². The average molecular weight is 396 g/mol. The van der Waals surface area contributed by atoms with Crippen molar-refractivity contribution in [1.29, 1.82) is 0 Å². The first-order valence-corrected chi connectivity index (χ1v) is 10.7. The lowest BCUT2D eigenvalue weighted by Gasteiger charge is -2.09. The minimum atomic E-state index is -3.02. The third kappa shape index (κ3) is 5.40. The number of nitrogens with zero attached hydrogens (tertiary/aromatic N) is 2. The average Bonchev–Trinajstić information content (AvgIpc) is 3.18. The maximum atomic E-state index is 12.9. The topological polar surface area (TPSA) is 105 Å². The third-order valence-electron chi connectivity index (χ3n) is 3.72. The van der Waals surface area contributed by atoms with Crippen LogP contribution in [0.25, 0.3) is 12.2 Å². The van der Waals surface area contributed by atoms with Crippen LogP contribution in [0.3, 0.4) is 0 Å². The fraction of sp³-hybridized carbons (Fsp3) is 0.312. The van der Waals surface area contributed by atoms with Gasteiger partial charge in [0.15, 0.2) is 9.84 Å². The molecule has 1 atom stereocenters. The van der Waals surface area contributed by atoms with E-state index in [2.05, 4.69) is 20.5 Å². The van der Waals surface area contributed by atoms with Crippen LogP contribution in [0.1, 0.15) is 17.8 Å². The molecule has 0 spiro atoms. The van der Waals surface area contributed by atoms with Crippen LogP contribution in [0, 0.1) is 5.82 Å². The zero-order valence-electron chi connectivity index (χ0n) is 13.7. The van der Waals surface area contributed by atoms with Crippen molar-refractivity contribution in [1.82, 2.24) is 20.5 Å². The summed E-state index contributed by atoms with van der Waals surface area (Å²) in [6.45, 7) is 0. The van der Waals surface area contributed by atoms with Crippen LogP contribution < -0.4 is 5.32 Å². The number of aromatic nitrogens is 3. The number of carbonyl (C=O) groups excluding carboxylic acids is 1. The van der Waals surface area contributed by atoms with Crippen LogP contribution in [0.15, 0.2) is 29.4 Å². The number of sulfone groups is 1. The number of aromatic amines is 1. The summed E-state index contributed by atoms with van der Waals surface area (Å²) >= 11 is 1.16. The van der Waals surface area contributed by atoms with Gasteiger partial charge in [0.25, 0.3) is 0 Å². The molecular weight excluding hydrogens is 379 g/mol. The Kier molecular flexibility index (Phi) is 5.72. The largest absolute Gasteiger partial charge is 0.352 e. The molecule has 0 aliphatic carbocycles. The molecule has 1 aliphatic heterocycles. The molecule has 1 fully saturated rings. The van der Waals surface area contributed by atoms with E-state index in [1.165, 1.54) is 12.1 Å². The van der Waals surface area contributed by atoms with Crippen molar-refractivity contribution in [3.05, 3.63) is 41.5 Å². The van der Waals surface area contributed by atoms with Crippen LogP contribution in [-0.4, -0.2) is 52.8 Å². The second-order valence-corrected chi connectivity index (χ2v) is 9.02. The van der Waals surface area contributed by atoms with Gasteiger partial charge in [-0.25, -0.2) is 17.8 Å². The molecule has 138 valence electrons. The highest BCUT2D eigenvalue weighted by Crippen LogP contribution is 2.15. The van der Waals surface area contributed by atoms with Crippen molar-refractivity contribution in [2.24, 2.45) is 0 Å². The number of hydrogen-bond donors (Lipinski definition) is 2. The van der Waals surface area contributed by atoms with Crippen molar-refractivity contribution in [2.45, 2.75) is 17.6 Å². The molecule has 1 unspecified atom stereocenters. The van der Waals surface area contributed by atoms with E-state index in [0.29, 0.717) is 17.4 Å². The van der Waals surface area contributed by atoms with E-state index >= 15 is 0 Å². The Morgan fingerprint density at radius 1 is 1.35 bits per heavy atom. The second-order valence-electron chi connectivity index (χ2n) is 5.84. The normalized spacial score (nSPS) is 19.0. The molecule has 3 rings (SSSR count). The highest BCUT2D eigenvalue weighted by molar-refractivity contribution is 7.99. The maximum absolute atomic E-state index is 12.9. The zero-order valence-corrected chi connectivity index (χ0v) is 15.3. The van der Waals surface area contributed by atoms with Crippen molar-refractivity contribution < 1.29 is 17.6 Å². The Bertz CT molecular complexity index is 910. The van der Waals surface area contributed by atoms with Gasteiger partial charge in [-0.05, 0) is 30.2 Å². The maximum Gasteiger partial charge on any atom is 0.230 e. The fourth-order valence-corrected chi connectivity index (χ4v) is 4.74. The fourth-order valence-electron chi connectivity index (χ4n) is 2.45. The summed E-state index contributed by atoms with van der Waals surface area (Å²) in [5, 5.41) is 9.88. The van der Waals surface area contributed by atoms with Crippen LogP contribution in [0.4, 0.5) is 4.39 Å². The monoisotopic (exact) mass is 396 g/mol. The number of amides is 1. The molecule has 1 aromatic carbocycles. The summed E-state index contributed by atoms with van der Waals surface area (Å²) < 4.78 is 35.6. The quantitative estimate of drug-likeness (QED) is 0.717.